The number of hydrogen-bond acceptors (Lipinski definition) is 2. The molecule has 0 spiro atoms. The van der Waals surface area contributed by atoms with Gasteiger partial charge in [-0.2, -0.15) is 0 Å². The van der Waals surface area contributed by atoms with Gasteiger partial charge in [-0.3, -0.25) is 0 Å². The van der Waals surface area contributed by atoms with Gasteiger partial charge in [0.15, 0.2) is 0 Å². The number of hydrogen-bond donors (Lipinski definition) is 1. The van der Waals surface area contributed by atoms with Crippen LogP contribution in [0.1, 0.15) is 21.5 Å². The van der Waals surface area contributed by atoms with E-state index in [0.29, 0.717) is 10.2 Å². The molecule has 3 nitrogen and oxygen atoms in total. The molecule has 20 heavy (non-hydrogen) atoms. The number of carbonyl (C=O) groups is 1. The van der Waals surface area contributed by atoms with Crippen molar-refractivity contribution in [1.82, 2.24) is 0 Å². The van der Waals surface area contributed by atoms with Crippen molar-refractivity contribution in [2.45, 2.75) is 13.5 Å². The van der Waals surface area contributed by atoms with Crippen LogP contribution in [0.2, 0.25) is 0 Å². The number of benzene rings is 2. The maximum atomic E-state index is 13.1. The Morgan fingerprint density at radius 3 is 2.70 bits per heavy atom. The average molecular weight is 339 g/mol. The third kappa shape index (κ3) is 3.36. The molecule has 0 atom stereocenters. The molecule has 0 amide bonds. The molecule has 1 N–H and O–H groups in total. The van der Waals surface area contributed by atoms with Gasteiger partial charge in [0.2, 0.25) is 0 Å². The highest BCUT2D eigenvalue weighted by atomic mass is 79.9. The molecule has 104 valence electrons. The summed E-state index contributed by atoms with van der Waals surface area (Å²) in [6, 6.07) is 9.31. The summed E-state index contributed by atoms with van der Waals surface area (Å²) < 4.78 is 19.1. The first-order valence-electron chi connectivity index (χ1n) is 5.88. The molecule has 0 saturated heterocycles. The second-order valence-electron chi connectivity index (χ2n) is 4.32. The van der Waals surface area contributed by atoms with E-state index in [0.717, 1.165) is 11.1 Å². The smallest absolute Gasteiger partial charge is 0.335 e. The number of carboxylic acids is 1. The molecule has 0 saturated carbocycles. The Hall–Kier alpha value is -1.88. The van der Waals surface area contributed by atoms with E-state index in [1.807, 2.05) is 6.92 Å². The Kier molecular flexibility index (Phi) is 4.39. The molecule has 2 aromatic carbocycles. The van der Waals surface area contributed by atoms with E-state index in [1.54, 1.807) is 18.2 Å². The highest BCUT2D eigenvalue weighted by Crippen LogP contribution is 2.22. The number of halogens is 2. The quantitative estimate of drug-likeness (QED) is 0.909. The molecule has 0 unspecified atom stereocenters. The Morgan fingerprint density at radius 2 is 2.05 bits per heavy atom. The number of aryl methyl sites for hydroxylation is 1. The van der Waals surface area contributed by atoms with E-state index in [2.05, 4.69) is 15.9 Å². The Bertz CT molecular complexity index is 656. The molecule has 0 aromatic heterocycles. The second-order valence-corrected chi connectivity index (χ2v) is 5.18. The summed E-state index contributed by atoms with van der Waals surface area (Å²) >= 11 is 3.11. The van der Waals surface area contributed by atoms with Crippen molar-refractivity contribution in [3.63, 3.8) is 0 Å². The van der Waals surface area contributed by atoms with Crippen LogP contribution >= 0.6 is 15.9 Å². The largest absolute Gasteiger partial charge is 0.489 e. The van der Waals surface area contributed by atoms with E-state index in [-0.39, 0.29) is 18.0 Å². The van der Waals surface area contributed by atoms with Gasteiger partial charge in [0.1, 0.15) is 18.2 Å². The molecular formula is C15H12BrFO3. The van der Waals surface area contributed by atoms with E-state index < -0.39 is 5.97 Å². The second kappa shape index (κ2) is 6.05. The third-order valence-electron chi connectivity index (χ3n) is 2.81. The Labute approximate surface area is 124 Å². The van der Waals surface area contributed by atoms with Crippen LogP contribution in [0.4, 0.5) is 4.39 Å². The first-order chi connectivity index (χ1) is 9.47. The van der Waals surface area contributed by atoms with Gasteiger partial charge in [-0.05, 0) is 58.2 Å². The van der Waals surface area contributed by atoms with Gasteiger partial charge in [0, 0.05) is 0 Å². The van der Waals surface area contributed by atoms with Crippen molar-refractivity contribution in [3.05, 3.63) is 63.4 Å². The minimum atomic E-state index is -1.00. The van der Waals surface area contributed by atoms with Gasteiger partial charge in [0.05, 0.1) is 10.0 Å². The van der Waals surface area contributed by atoms with E-state index in [1.165, 1.54) is 18.2 Å². The van der Waals surface area contributed by atoms with Crippen molar-refractivity contribution in [2.24, 2.45) is 0 Å². The molecule has 2 aromatic rings. The number of aromatic carboxylic acids is 1. The molecule has 2 rings (SSSR count). The Balaban J connectivity index is 2.15. The van der Waals surface area contributed by atoms with E-state index >= 15 is 0 Å². The van der Waals surface area contributed by atoms with Crippen LogP contribution in [0.15, 0.2) is 40.9 Å². The molecule has 0 heterocycles. The maximum Gasteiger partial charge on any atom is 0.335 e. The summed E-state index contributed by atoms with van der Waals surface area (Å²) in [6.07, 6.45) is 0. The van der Waals surface area contributed by atoms with Gasteiger partial charge in [-0.25, -0.2) is 9.18 Å². The molecule has 0 aliphatic heterocycles. The van der Waals surface area contributed by atoms with Crippen molar-refractivity contribution in [3.8, 4) is 5.75 Å². The van der Waals surface area contributed by atoms with Gasteiger partial charge in [-0.1, -0.05) is 12.1 Å². The predicted molar refractivity (Wildman–Crippen MR) is 76.6 cm³/mol. The summed E-state index contributed by atoms with van der Waals surface area (Å²) in [5, 5.41) is 8.95. The summed E-state index contributed by atoms with van der Waals surface area (Å²) in [7, 11) is 0. The lowest BCUT2D eigenvalue weighted by molar-refractivity contribution is 0.0696. The lowest BCUT2D eigenvalue weighted by Crippen LogP contribution is -2.01. The van der Waals surface area contributed by atoms with Gasteiger partial charge in [0.25, 0.3) is 0 Å². The van der Waals surface area contributed by atoms with E-state index in [4.69, 9.17) is 9.84 Å². The first-order valence-corrected chi connectivity index (χ1v) is 6.67. The average Bonchev–Trinajstić information content (AvgIpc) is 2.41. The fourth-order valence-corrected chi connectivity index (χ4v) is 2.11. The van der Waals surface area contributed by atoms with Crippen LogP contribution in [0.3, 0.4) is 0 Å². The highest BCUT2D eigenvalue weighted by molar-refractivity contribution is 9.10. The zero-order valence-electron chi connectivity index (χ0n) is 10.7. The lowest BCUT2D eigenvalue weighted by Gasteiger charge is -2.10. The zero-order valence-corrected chi connectivity index (χ0v) is 12.3. The zero-order chi connectivity index (χ0) is 14.7. The van der Waals surface area contributed by atoms with Crippen LogP contribution < -0.4 is 4.74 Å². The van der Waals surface area contributed by atoms with Crippen LogP contribution in [0, 0.1) is 12.7 Å². The number of ether oxygens (including phenoxy) is 1. The van der Waals surface area contributed by atoms with Crippen molar-refractivity contribution < 1.29 is 19.0 Å². The highest BCUT2D eigenvalue weighted by Gasteiger charge is 2.08. The maximum absolute atomic E-state index is 13.1. The molecular weight excluding hydrogens is 327 g/mol. The Morgan fingerprint density at radius 1 is 1.30 bits per heavy atom. The summed E-state index contributed by atoms with van der Waals surface area (Å²) in [5.41, 5.74) is 1.81. The normalized spacial score (nSPS) is 10.3. The van der Waals surface area contributed by atoms with Crippen molar-refractivity contribution >= 4 is 21.9 Å². The fourth-order valence-electron chi connectivity index (χ4n) is 1.68. The molecule has 0 aliphatic rings. The minimum absolute atomic E-state index is 0.172. The SMILES string of the molecule is Cc1ccc(C(=O)O)cc1OCc1ccc(F)c(Br)c1. The van der Waals surface area contributed by atoms with Crippen molar-refractivity contribution in [1.29, 1.82) is 0 Å². The monoisotopic (exact) mass is 338 g/mol. The van der Waals surface area contributed by atoms with Gasteiger partial charge < -0.3 is 9.84 Å². The molecule has 5 heteroatoms. The molecule has 0 radical (unpaired) electrons. The third-order valence-corrected chi connectivity index (χ3v) is 3.42. The van der Waals surface area contributed by atoms with Crippen LogP contribution in [-0.2, 0) is 6.61 Å². The van der Waals surface area contributed by atoms with Crippen LogP contribution in [0.5, 0.6) is 5.75 Å². The number of carboxylic acid groups (broad SMARTS) is 1. The number of rotatable bonds is 4. The van der Waals surface area contributed by atoms with Gasteiger partial charge in [-0.15, -0.1) is 0 Å². The molecule has 0 fully saturated rings. The molecule has 0 bridgehead atoms. The minimum Gasteiger partial charge on any atom is -0.489 e. The van der Waals surface area contributed by atoms with Gasteiger partial charge >= 0.3 is 5.97 Å². The van der Waals surface area contributed by atoms with Crippen molar-refractivity contribution in [2.75, 3.05) is 0 Å². The fraction of sp³-hybridized carbons (Fsp3) is 0.133. The lowest BCUT2D eigenvalue weighted by atomic mass is 10.1. The van der Waals surface area contributed by atoms with E-state index in [9.17, 15) is 9.18 Å². The van der Waals surface area contributed by atoms with Crippen LogP contribution in [0.25, 0.3) is 0 Å². The summed E-state index contributed by atoms with van der Waals surface area (Å²) in [5.74, 6) is -0.831. The topological polar surface area (TPSA) is 46.5 Å². The summed E-state index contributed by atoms with van der Waals surface area (Å²) in [6.45, 7) is 2.07. The molecule has 0 aliphatic carbocycles. The summed E-state index contributed by atoms with van der Waals surface area (Å²) in [4.78, 5) is 10.9. The van der Waals surface area contributed by atoms with Crippen LogP contribution in [-0.4, -0.2) is 11.1 Å². The first kappa shape index (κ1) is 14.5. The standard InChI is InChI=1S/C15H12BrFO3/c1-9-2-4-11(15(18)19)7-14(9)20-8-10-3-5-13(17)12(16)6-10/h2-7H,8H2,1H3,(H,18,19). The predicted octanol–water partition coefficient (Wildman–Crippen LogP) is 4.17.